The van der Waals surface area contributed by atoms with Gasteiger partial charge < -0.3 is 15.0 Å². The maximum atomic E-state index is 13.1. The molecule has 0 fully saturated rings. The molecule has 0 aliphatic carbocycles. The Morgan fingerprint density at radius 3 is 2.36 bits per heavy atom. The van der Waals surface area contributed by atoms with E-state index in [1.807, 2.05) is 0 Å². The van der Waals surface area contributed by atoms with Gasteiger partial charge in [0, 0.05) is 45.0 Å². The molecule has 0 unspecified atom stereocenters. The monoisotopic (exact) mass is 573 g/mol. The van der Waals surface area contributed by atoms with Crippen molar-refractivity contribution >= 4 is 70.0 Å². The third kappa shape index (κ3) is 7.89. The summed E-state index contributed by atoms with van der Waals surface area (Å²) >= 11 is 12.3. The van der Waals surface area contributed by atoms with Gasteiger partial charge in [0.15, 0.2) is 0 Å². The number of carbonyl (C=O) groups excluding carboxylic acids is 3. The van der Waals surface area contributed by atoms with Crippen LogP contribution in [0.1, 0.15) is 24.5 Å². The number of alkyl halides is 2. The van der Waals surface area contributed by atoms with Crippen molar-refractivity contribution in [2.45, 2.75) is 13.3 Å². The second-order valence-electron chi connectivity index (χ2n) is 7.80. The molecule has 0 atom stereocenters. The van der Waals surface area contributed by atoms with E-state index >= 15 is 0 Å². The zero-order valence-electron chi connectivity index (χ0n) is 20.5. The molecule has 4 aromatic rings. The van der Waals surface area contributed by atoms with Crippen molar-refractivity contribution in [2.75, 3.05) is 16.8 Å². The number of nitrogens with zero attached hydrogens (tertiary/aromatic N) is 1. The van der Waals surface area contributed by atoms with Crippen LogP contribution in [0.25, 0.3) is 17.0 Å². The second-order valence-corrected chi connectivity index (χ2v) is 8.64. The number of imide groups is 1. The van der Waals surface area contributed by atoms with E-state index < -0.39 is 18.4 Å². The summed E-state index contributed by atoms with van der Waals surface area (Å²) in [7, 11) is 0. The van der Waals surface area contributed by atoms with Crippen LogP contribution in [0.4, 0.5) is 25.0 Å². The largest absolute Gasteiger partial charge is 0.468 e. The first-order valence-corrected chi connectivity index (χ1v) is 12.3. The number of amides is 3. The number of nitrogens with one attached hydrogen (secondary N) is 2. The highest BCUT2D eigenvalue weighted by molar-refractivity contribution is 6.39. The first-order valence-electron chi connectivity index (χ1n) is 11.5. The lowest BCUT2D eigenvalue weighted by molar-refractivity contribution is -0.128. The lowest BCUT2D eigenvalue weighted by Crippen LogP contribution is -2.39. The molecule has 3 aromatic carbocycles. The summed E-state index contributed by atoms with van der Waals surface area (Å²) in [6, 6.07) is 16.0. The number of hydrogen-bond donors (Lipinski definition) is 2. The molecule has 4 rings (SSSR count). The Labute approximate surface area is 233 Å². The summed E-state index contributed by atoms with van der Waals surface area (Å²) in [6.45, 7) is 2.66. The number of para-hydroxylation sites is 1. The summed E-state index contributed by atoms with van der Waals surface area (Å²) in [4.78, 5) is 39.3. The first-order chi connectivity index (χ1) is 18.7. The smallest absolute Gasteiger partial charge is 0.333 e. The number of carbonyl (C=O) groups is 3. The molecule has 0 aliphatic heterocycles. The minimum atomic E-state index is -2.62. The van der Waals surface area contributed by atoms with Gasteiger partial charge in [0.05, 0.1) is 17.3 Å². The molecule has 11 heteroatoms. The van der Waals surface area contributed by atoms with Crippen LogP contribution in [0, 0.1) is 0 Å². The van der Waals surface area contributed by atoms with Crippen LogP contribution in [0.2, 0.25) is 10.0 Å². The Kier molecular flexibility index (Phi) is 10.6. The molecular weight excluding hydrogens is 551 g/mol. The summed E-state index contributed by atoms with van der Waals surface area (Å²) in [5.74, 6) is -0.618. The summed E-state index contributed by atoms with van der Waals surface area (Å²) in [6.07, 6.45) is 1.85. The van der Waals surface area contributed by atoms with Gasteiger partial charge in [-0.2, -0.15) is 0 Å². The van der Waals surface area contributed by atoms with Crippen molar-refractivity contribution in [3.63, 3.8) is 0 Å². The van der Waals surface area contributed by atoms with E-state index in [1.54, 1.807) is 61.7 Å². The molecule has 1 heterocycles. The standard InChI is InChI=1S/C25H17Cl2F2N3O2.C3H6O2/c26-17-12-20(27)23-16(14-30-21(23)13-17)8-11-22(33)32(19-4-2-1-3-5-19)25(34)31-18-9-6-15(7-10-18)24(28)29;1-2-5-3-4/h1-14,24,30H,(H,31,34);3H,2H2,1H3. The number of anilines is 2. The van der Waals surface area contributed by atoms with E-state index in [1.165, 1.54) is 30.3 Å². The molecular formula is C28H23Cl2F2N3O4. The number of H-pyrrole nitrogens is 1. The molecule has 3 amide bonds. The van der Waals surface area contributed by atoms with Gasteiger partial charge in [-0.25, -0.2) is 18.5 Å². The van der Waals surface area contributed by atoms with Gasteiger partial charge in [-0.05, 0) is 49.4 Å². The Bertz CT molecular complexity index is 1460. The summed E-state index contributed by atoms with van der Waals surface area (Å²) in [5.41, 5.74) is 1.78. The van der Waals surface area contributed by atoms with E-state index in [9.17, 15) is 23.2 Å². The van der Waals surface area contributed by atoms with Crippen molar-refractivity contribution in [1.29, 1.82) is 0 Å². The van der Waals surface area contributed by atoms with Gasteiger partial charge in [0.2, 0.25) is 0 Å². The number of benzene rings is 3. The van der Waals surface area contributed by atoms with Crippen molar-refractivity contribution in [3.05, 3.63) is 100 Å². The van der Waals surface area contributed by atoms with Crippen molar-refractivity contribution in [3.8, 4) is 0 Å². The van der Waals surface area contributed by atoms with Crippen LogP contribution in [0.5, 0.6) is 0 Å². The molecule has 2 N–H and O–H groups in total. The molecule has 0 bridgehead atoms. The quantitative estimate of drug-likeness (QED) is 0.174. The first kappa shape index (κ1) is 29.3. The van der Waals surface area contributed by atoms with E-state index in [2.05, 4.69) is 15.0 Å². The number of aromatic nitrogens is 1. The van der Waals surface area contributed by atoms with Crippen LogP contribution in [-0.4, -0.2) is 30.0 Å². The fraction of sp³-hybridized carbons (Fsp3) is 0.107. The third-order valence-corrected chi connectivity index (χ3v) is 5.74. The Morgan fingerprint density at radius 2 is 1.77 bits per heavy atom. The van der Waals surface area contributed by atoms with Gasteiger partial charge in [0.25, 0.3) is 18.8 Å². The second kappa shape index (κ2) is 14.1. The minimum absolute atomic E-state index is 0.171. The predicted molar refractivity (Wildman–Crippen MR) is 149 cm³/mol. The highest BCUT2D eigenvalue weighted by Gasteiger charge is 2.22. The van der Waals surface area contributed by atoms with Gasteiger partial charge in [-0.1, -0.05) is 53.5 Å². The fourth-order valence-corrected chi connectivity index (χ4v) is 4.06. The number of hydrogen-bond acceptors (Lipinski definition) is 4. The molecule has 0 aliphatic rings. The topological polar surface area (TPSA) is 91.5 Å². The van der Waals surface area contributed by atoms with E-state index in [-0.39, 0.29) is 11.3 Å². The Balaban J connectivity index is 0.000000771. The molecule has 39 heavy (non-hydrogen) atoms. The van der Waals surface area contributed by atoms with E-state index in [0.29, 0.717) is 45.3 Å². The van der Waals surface area contributed by atoms with Crippen molar-refractivity contribution in [1.82, 2.24) is 4.98 Å². The predicted octanol–water partition coefficient (Wildman–Crippen LogP) is 7.87. The zero-order chi connectivity index (χ0) is 28.4. The van der Waals surface area contributed by atoms with Crippen LogP contribution in [0.15, 0.2) is 79.0 Å². The normalized spacial score (nSPS) is 10.7. The Morgan fingerprint density at radius 1 is 1.08 bits per heavy atom. The van der Waals surface area contributed by atoms with Gasteiger partial charge >= 0.3 is 6.03 Å². The highest BCUT2D eigenvalue weighted by atomic mass is 35.5. The van der Waals surface area contributed by atoms with Gasteiger partial charge in [-0.15, -0.1) is 0 Å². The molecule has 1 aromatic heterocycles. The Hall–Kier alpha value is -4.21. The number of urea groups is 1. The molecule has 0 saturated carbocycles. The van der Waals surface area contributed by atoms with Crippen LogP contribution in [0.3, 0.4) is 0 Å². The number of halogens is 4. The maximum Gasteiger partial charge on any atom is 0.333 e. The zero-order valence-corrected chi connectivity index (χ0v) is 22.0. The summed E-state index contributed by atoms with van der Waals surface area (Å²) < 4.78 is 29.7. The SMILES string of the molecule is CCOC=O.O=C(C=Cc1c[nH]c2cc(Cl)cc(Cl)c12)N(C(=O)Nc1ccc(C(F)F)cc1)c1ccccc1. The molecule has 0 saturated heterocycles. The molecule has 0 radical (unpaired) electrons. The summed E-state index contributed by atoms with van der Waals surface area (Å²) in [5, 5.41) is 4.15. The number of fused-ring (bicyclic) bond motifs is 1. The highest BCUT2D eigenvalue weighted by Crippen LogP contribution is 2.31. The van der Waals surface area contributed by atoms with Gasteiger partial charge in [-0.3, -0.25) is 9.59 Å². The lowest BCUT2D eigenvalue weighted by Gasteiger charge is -2.20. The number of ether oxygens (including phenoxy) is 1. The van der Waals surface area contributed by atoms with Gasteiger partial charge in [0.1, 0.15) is 0 Å². The minimum Gasteiger partial charge on any atom is -0.468 e. The molecule has 7 nitrogen and oxygen atoms in total. The van der Waals surface area contributed by atoms with Crippen molar-refractivity contribution in [2.24, 2.45) is 0 Å². The van der Waals surface area contributed by atoms with Crippen molar-refractivity contribution < 1.29 is 27.9 Å². The maximum absolute atomic E-state index is 13.1. The van der Waals surface area contributed by atoms with Crippen LogP contribution >= 0.6 is 23.2 Å². The average molecular weight is 574 g/mol. The van der Waals surface area contributed by atoms with Crippen LogP contribution in [-0.2, 0) is 14.3 Å². The number of rotatable bonds is 7. The fourth-order valence-electron chi connectivity index (χ4n) is 3.46. The third-order valence-electron chi connectivity index (χ3n) is 5.22. The van der Waals surface area contributed by atoms with E-state index in [4.69, 9.17) is 23.2 Å². The molecule has 0 spiro atoms. The van der Waals surface area contributed by atoms with E-state index in [0.717, 1.165) is 4.90 Å². The average Bonchev–Trinajstić information content (AvgIpc) is 3.32. The number of aromatic amines is 1. The molecule has 202 valence electrons. The lowest BCUT2D eigenvalue weighted by atomic mass is 10.1. The van der Waals surface area contributed by atoms with Crippen LogP contribution < -0.4 is 10.2 Å².